The van der Waals surface area contributed by atoms with Crippen molar-refractivity contribution in [2.75, 3.05) is 39.3 Å². The number of fused-ring (bicyclic) bond motifs is 1. The number of sulfonamides is 1. The third-order valence-corrected chi connectivity index (χ3v) is 12.4. The molecule has 1 aliphatic carbocycles. The van der Waals surface area contributed by atoms with Crippen LogP contribution in [0.3, 0.4) is 0 Å². The molecule has 1 saturated carbocycles. The van der Waals surface area contributed by atoms with Crippen molar-refractivity contribution in [1.82, 2.24) is 30.1 Å². The number of benzene rings is 2. The van der Waals surface area contributed by atoms with Gasteiger partial charge < -0.3 is 31.7 Å². The summed E-state index contributed by atoms with van der Waals surface area (Å²) in [5.74, 6) is 0.117. The summed E-state index contributed by atoms with van der Waals surface area (Å²) in [4.78, 5) is 22.6. The lowest BCUT2D eigenvalue weighted by Crippen LogP contribution is -2.61. The molecule has 1 amide bonds. The third-order valence-electron chi connectivity index (χ3n) is 9.94. The molecule has 9 N–H and O–H groups in total. The fourth-order valence-corrected chi connectivity index (χ4v) is 9.61. The fraction of sp³-hybridized carbons (Fsp3) is 0.500. The van der Waals surface area contributed by atoms with Crippen LogP contribution < -0.4 is 31.6 Å². The number of hydrogen-bond donors (Lipinski definition) is 7. The first kappa shape index (κ1) is 52.3. The van der Waals surface area contributed by atoms with Crippen molar-refractivity contribution in [3.63, 3.8) is 0 Å². The van der Waals surface area contributed by atoms with Crippen LogP contribution in [0.4, 0.5) is 0 Å². The van der Waals surface area contributed by atoms with Gasteiger partial charge in [0, 0.05) is 67.0 Å². The maximum Gasteiger partial charge on any atom is 0.243 e. The number of unbranched alkanes of at least 4 members (excludes halogenated alkanes) is 1. The van der Waals surface area contributed by atoms with E-state index in [0.29, 0.717) is 81.8 Å². The maximum atomic E-state index is 14.2. The van der Waals surface area contributed by atoms with Gasteiger partial charge in [0.15, 0.2) is 11.9 Å². The summed E-state index contributed by atoms with van der Waals surface area (Å²) in [6.07, 6.45) is 4.60. The van der Waals surface area contributed by atoms with E-state index in [2.05, 4.69) is 25.2 Å². The van der Waals surface area contributed by atoms with Crippen molar-refractivity contribution < 1.29 is 17.9 Å². The number of pyridine rings is 1. The van der Waals surface area contributed by atoms with Crippen LogP contribution in [0.5, 0.6) is 5.75 Å². The van der Waals surface area contributed by atoms with Gasteiger partial charge in [-0.25, -0.2) is 13.4 Å². The maximum absolute atomic E-state index is 14.2. The normalized spacial score (nSPS) is 15.5. The van der Waals surface area contributed by atoms with Crippen molar-refractivity contribution in [2.24, 2.45) is 11.5 Å². The Kier molecular flexibility index (Phi) is 21.2. The van der Waals surface area contributed by atoms with Gasteiger partial charge in [0.2, 0.25) is 15.9 Å². The summed E-state index contributed by atoms with van der Waals surface area (Å²) < 4.78 is 37.1. The monoisotopic (exact) mass is 932 g/mol. The largest absolute Gasteiger partial charge is 0.487 e. The van der Waals surface area contributed by atoms with Crippen molar-refractivity contribution in [3.05, 3.63) is 63.3 Å². The highest BCUT2D eigenvalue weighted by Crippen LogP contribution is 2.37. The van der Waals surface area contributed by atoms with E-state index in [4.69, 9.17) is 50.2 Å². The van der Waals surface area contributed by atoms with Gasteiger partial charge in [-0.05, 0) is 75.8 Å². The van der Waals surface area contributed by atoms with E-state index in [1.54, 1.807) is 11.0 Å². The molecule has 0 bridgehead atoms. The summed E-state index contributed by atoms with van der Waals surface area (Å²) in [5, 5.41) is 22.0. The van der Waals surface area contributed by atoms with Gasteiger partial charge in [-0.2, -0.15) is 4.72 Å². The number of aromatic nitrogens is 1. The number of rotatable bonds is 15. The Hall–Kier alpha value is -2.73. The first-order chi connectivity index (χ1) is 25.2. The Morgan fingerprint density at radius 2 is 1.65 bits per heavy atom. The number of carbonyl (C=O) groups excluding carboxylic acids is 1. The minimum absolute atomic E-state index is 0. The van der Waals surface area contributed by atoms with Crippen molar-refractivity contribution >= 4 is 112 Å². The van der Waals surface area contributed by atoms with Gasteiger partial charge in [0.05, 0.1) is 5.02 Å². The van der Waals surface area contributed by atoms with E-state index in [1.807, 2.05) is 32.0 Å². The lowest BCUT2D eigenvalue weighted by atomic mass is 9.96. The Labute approximate surface area is 370 Å². The second kappa shape index (κ2) is 23.2. The highest BCUT2D eigenvalue weighted by Gasteiger charge is 2.47. The lowest BCUT2D eigenvalue weighted by Gasteiger charge is -2.40. The van der Waals surface area contributed by atoms with Gasteiger partial charge in [-0.15, -0.1) is 49.6 Å². The topological polar surface area (TPSA) is 216 Å². The smallest absolute Gasteiger partial charge is 0.243 e. The minimum Gasteiger partial charge on any atom is -0.487 e. The van der Waals surface area contributed by atoms with Crippen LogP contribution in [-0.2, 0) is 21.4 Å². The summed E-state index contributed by atoms with van der Waals surface area (Å²) >= 11 is 13.4. The van der Waals surface area contributed by atoms with Crippen LogP contribution in [0.1, 0.15) is 61.8 Å². The first-order valence-corrected chi connectivity index (χ1v) is 20.1. The van der Waals surface area contributed by atoms with E-state index < -0.39 is 15.6 Å². The number of aryl methyl sites for hydroxylation is 2. The van der Waals surface area contributed by atoms with Crippen molar-refractivity contribution in [2.45, 2.75) is 81.9 Å². The molecule has 57 heavy (non-hydrogen) atoms. The fourth-order valence-electron chi connectivity index (χ4n) is 7.30. The molecular formula is C36H54Cl6N10O4S. The van der Waals surface area contributed by atoms with Crippen LogP contribution in [0, 0.1) is 24.7 Å². The predicted molar refractivity (Wildman–Crippen MR) is 238 cm³/mol. The second-order valence-electron chi connectivity index (χ2n) is 13.9. The molecule has 3 aromatic rings. The predicted octanol–water partition coefficient (Wildman–Crippen LogP) is 5.66. The summed E-state index contributed by atoms with van der Waals surface area (Å²) in [6.45, 7) is 7.10. The number of para-hydroxylation sites is 1. The van der Waals surface area contributed by atoms with Gasteiger partial charge in [-0.3, -0.25) is 20.5 Å². The molecular weight excluding hydrogens is 881 g/mol. The summed E-state index contributed by atoms with van der Waals surface area (Å²) in [7, 11) is -4.27. The van der Waals surface area contributed by atoms with Gasteiger partial charge >= 0.3 is 0 Å². The number of piperazine rings is 1. The summed E-state index contributed by atoms with van der Waals surface area (Å²) in [5.41, 5.74) is 12.6. The molecule has 21 heteroatoms. The molecule has 2 fully saturated rings. The molecule has 5 rings (SSSR count). The second-order valence-corrected chi connectivity index (χ2v) is 16.4. The SMILES string of the molecule is Cc1cc(C)c2cccc(OCc3c(Cl)ccc(S(=O)(=O)NC4(C(=O)N5CCN(C[C@@H](CCCCNC(=N)N)NC(=N)N)CC5)CCCC4)c3Cl)c2n1.Cl.Cl.Cl.Cl. The van der Waals surface area contributed by atoms with Crippen LogP contribution in [0.15, 0.2) is 41.3 Å². The van der Waals surface area contributed by atoms with E-state index in [9.17, 15) is 13.2 Å². The molecule has 2 heterocycles. The van der Waals surface area contributed by atoms with Crippen LogP contribution in [0.25, 0.3) is 10.9 Å². The first-order valence-electron chi connectivity index (χ1n) is 17.9. The molecule has 1 atom stereocenters. The molecule has 2 aliphatic rings. The number of halogens is 6. The zero-order valence-electron chi connectivity index (χ0n) is 31.9. The van der Waals surface area contributed by atoms with E-state index in [0.717, 1.165) is 35.9 Å². The van der Waals surface area contributed by atoms with E-state index >= 15 is 0 Å². The molecule has 2 aromatic carbocycles. The van der Waals surface area contributed by atoms with Crippen LogP contribution >= 0.6 is 72.8 Å². The van der Waals surface area contributed by atoms with Gasteiger partial charge in [-0.1, -0.05) is 48.2 Å². The Morgan fingerprint density at radius 3 is 2.28 bits per heavy atom. The van der Waals surface area contributed by atoms with E-state index in [-0.39, 0.29) is 95.0 Å². The van der Waals surface area contributed by atoms with Gasteiger partial charge in [0.1, 0.15) is 28.3 Å². The molecule has 0 unspecified atom stereocenters. The quantitative estimate of drug-likeness (QED) is 0.0564. The Bertz CT molecular complexity index is 1950. The van der Waals surface area contributed by atoms with Crippen LogP contribution in [-0.4, -0.2) is 91.9 Å². The minimum atomic E-state index is -4.27. The number of nitrogens with two attached hydrogens (primary N) is 2. The third kappa shape index (κ3) is 13.4. The standard InChI is InChI=1S/C36H50Cl2N10O4S.4ClH/c1-23-20-24(2)44-32-26(23)9-7-10-29(32)52-22-27-28(37)11-12-30(31(27)38)53(50,51)46-36(13-4-5-14-36)33(49)48-18-16-47(17-19-48)21-25(45-35(41)42)8-3-6-15-43-34(39)40;;;;/h7,9-12,20,25,46H,3-6,8,13-19,21-22H2,1-2H3,(H4,39,40,43)(H4,41,42,45);4*1H/t25-;;;;/m1..../s1. The average Bonchev–Trinajstić information content (AvgIpc) is 3.56. The summed E-state index contributed by atoms with van der Waals surface area (Å²) in [6, 6.07) is 10.4. The molecule has 0 radical (unpaired) electrons. The molecule has 1 saturated heterocycles. The zero-order chi connectivity index (χ0) is 38.3. The molecule has 1 aromatic heterocycles. The number of guanidine groups is 2. The van der Waals surface area contributed by atoms with Crippen molar-refractivity contribution in [3.8, 4) is 5.75 Å². The Balaban J connectivity index is 0.00000406. The highest BCUT2D eigenvalue weighted by atomic mass is 35.5. The lowest BCUT2D eigenvalue weighted by molar-refractivity contribution is -0.139. The molecule has 14 nitrogen and oxygen atoms in total. The van der Waals surface area contributed by atoms with Gasteiger partial charge in [0.25, 0.3) is 0 Å². The van der Waals surface area contributed by atoms with E-state index in [1.165, 1.54) is 12.1 Å². The molecule has 0 spiro atoms. The number of hydrogen-bond acceptors (Lipinski definition) is 8. The number of nitrogens with zero attached hydrogens (tertiary/aromatic N) is 3. The number of amides is 1. The molecule has 1 aliphatic heterocycles. The van der Waals surface area contributed by atoms with Crippen molar-refractivity contribution in [1.29, 1.82) is 10.8 Å². The number of nitrogens with one attached hydrogen (secondary N) is 5. The average molecular weight is 936 g/mol. The number of carbonyl (C=O) groups is 1. The zero-order valence-corrected chi connectivity index (χ0v) is 37.5. The number of ether oxygens (including phenoxy) is 1. The Morgan fingerprint density at radius 1 is 0.982 bits per heavy atom. The highest BCUT2D eigenvalue weighted by molar-refractivity contribution is 7.89. The molecule has 320 valence electrons. The van der Waals surface area contributed by atoms with Crippen LogP contribution in [0.2, 0.25) is 10.0 Å².